The number of ether oxygens (including phenoxy) is 1. The molecule has 0 saturated carbocycles. The number of hydrogen-bond acceptors (Lipinski definition) is 2. The molecule has 0 spiro atoms. The average Bonchev–Trinajstić information content (AvgIpc) is 3.39. The Bertz CT molecular complexity index is 2110. The van der Waals surface area contributed by atoms with Gasteiger partial charge in [0.1, 0.15) is 0 Å². The zero-order valence-corrected chi connectivity index (χ0v) is 45.7. The van der Waals surface area contributed by atoms with Crippen LogP contribution in [0.4, 0.5) is 0 Å². The Morgan fingerprint density at radius 3 is 0.712 bits per heavy atom. The molecule has 0 aromatic heterocycles. The fraction of sp³-hybridized carbons (Fsp3) is 0.125. The van der Waals surface area contributed by atoms with Crippen LogP contribution in [0.5, 0.6) is 0 Å². The van der Waals surface area contributed by atoms with E-state index < -0.39 is 17.2 Å². The van der Waals surface area contributed by atoms with E-state index >= 15 is 0 Å². The van der Waals surface area contributed by atoms with E-state index in [9.17, 15) is 4.79 Å². The van der Waals surface area contributed by atoms with Crippen LogP contribution in [0, 0.1) is 0 Å². The smallest absolute Gasteiger partial charge is 0.0195 e. The maximum absolute atomic E-state index is 10.5. The SMILES string of the molecule is COC(=O)C(C)[N+]#[Mo][Cl].[I-].c1ccc(P(CCP(c2ccccc2)c2ccccc2)c2ccccc2)cc1.c1ccc(P(CCP(c2ccccc2)c2ccccc2)c2ccccc2)cc1. The Labute approximate surface area is 427 Å². The summed E-state index contributed by atoms with van der Waals surface area (Å²) in [5, 5.41) is 11.8. The maximum Gasteiger partial charge on any atom is -0.0195 e. The molecule has 1 unspecified atom stereocenters. The first kappa shape index (κ1) is 53.3. The van der Waals surface area contributed by atoms with Gasteiger partial charge in [0, 0.05) is 0 Å². The summed E-state index contributed by atoms with van der Waals surface area (Å²) in [5.74, 6) is -0.319. The standard InChI is InChI=1S/2C26H24P2.C4H7NO2.ClH.HI.Mo/c2*1-5-13-23(14-6-1)27(24-15-7-2-8-16-24)21-22-28(25-17-9-3-10-18-25)26-19-11-4-12-20-26;1-3(5)4(6)7-2;;;/h2*1-20H,21-22H2;3H,1-2H3;2*1H;/q;;+1;;;+1/p-2. The van der Waals surface area contributed by atoms with Crippen molar-refractivity contribution in [2.45, 2.75) is 13.0 Å². The van der Waals surface area contributed by atoms with Gasteiger partial charge in [-0.05, 0) is 98.8 Å². The van der Waals surface area contributed by atoms with Crippen molar-refractivity contribution in [1.82, 2.24) is 0 Å². The van der Waals surface area contributed by atoms with Crippen LogP contribution in [-0.4, -0.2) is 43.8 Å². The van der Waals surface area contributed by atoms with Crippen molar-refractivity contribution >= 4 is 89.5 Å². The number of esters is 1. The van der Waals surface area contributed by atoms with Gasteiger partial charge in [-0.3, -0.25) is 0 Å². The van der Waals surface area contributed by atoms with Crippen molar-refractivity contribution in [2.75, 3.05) is 31.8 Å². The van der Waals surface area contributed by atoms with E-state index in [0.717, 1.165) is 0 Å². The average molecular weight is 1160 g/mol. The van der Waals surface area contributed by atoms with Gasteiger partial charge in [-0.2, -0.15) is 0 Å². The normalized spacial score (nSPS) is 11.0. The number of rotatable bonds is 15. The first-order chi connectivity index (χ1) is 32.1. The molecule has 10 heteroatoms. The van der Waals surface area contributed by atoms with Crippen LogP contribution >= 0.6 is 41.1 Å². The van der Waals surface area contributed by atoms with Gasteiger partial charge in [0.15, 0.2) is 0 Å². The summed E-state index contributed by atoms with van der Waals surface area (Å²) in [6.07, 6.45) is 4.83. The molecule has 3 nitrogen and oxygen atoms in total. The van der Waals surface area contributed by atoms with Gasteiger partial charge in [0.2, 0.25) is 0 Å². The molecule has 8 aromatic carbocycles. The molecule has 0 radical (unpaired) electrons. The van der Waals surface area contributed by atoms with Gasteiger partial charge in [-0.25, -0.2) is 0 Å². The summed E-state index contributed by atoms with van der Waals surface area (Å²) in [6, 6.07) is 88.0. The van der Waals surface area contributed by atoms with Crippen LogP contribution in [-0.2, 0) is 26.7 Å². The predicted molar refractivity (Wildman–Crippen MR) is 286 cm³/mol. The first-order valence-corrected chi connectivity index (χ1v) is 31.2. The zero-order chi connectivity index (χ0) is 45.3. The topological polar surface area (TPSA) is 30.7 Å². The third-order valence-electron chi connectivity index (χ3n) is 10.4. The van der Waals surface area contributed by atoms with Crippen molar-refractivity contribution in [2.24, 2.45) is 0 Å². The Morgan fingerprint density at radius 1 is 0.409 bits per heavy atom. The summed E-state index contributed by atoms with van der Waals surface area (Å²) in [5.41, 5.74) is 0. The minimum atomic E-state index is -0.824. The van der Waals surface area contributed by atoms with E-state index in [-0.39, 0.29) is 67.7 Å². The van der Waals surface area contributed by atoms with Crippen LogP contribution in [0.15, 0.2) is 243 Å². The minimum absolute atomic E-state index is 0. The van der Waals surface area contributed by atoms with Crippen molar-refractivity contribution in [3.05, 3.63) is 246 Å². The fourth-order valence-electron chi connectivity index (χ4n) is 7.17. The van der Waals surface area contributed by atoms with E-state index in [1.165, 1.54) is 74.2 Å². The predicted octanol–water partition coefficient (Wildman–Crippen LogP) is 8.58. The number of halogens is 2. The number of carbonyl (C=O) groups is 1. The molecule has 66 heavy (non-hydrogen) atoms. The third kappa shape index (κ3) is 17.2. The number of carbonyl (C=O) groups excluding carboxylic acids is 1. The van der Waals surface area contributed by atoms with Crippen molar-refractivity contribution in [1.29, 1.82) is 0 Å². The Hall–Kier alpha value is -3.63. The second-order valence-corrected chi connectivity index (χ2v) is 25.7. The monoisotopic (exact) mass is 1160 g/mol. The van der Waals surface area contributed by atoms with Crippen LogP contribution in [0.2, 0.25) is 0 Å². The molecule has 1 atom stereocenters. The van der Waals surface area contributed by atoms with E-state index in [1.807, 2.05) is 0 Å². The Balaban J connectivity index is 0.000000207. The molecule has 0 amide bonds. The van der Waals surface area contributed by atoms with Gasteiger partial charge in [0.25, 0.3) is 0 Å². The van der Waals surface area contributed by atoms with E-state index in [0.29, 0.717) is 0 Å². The van der Waals surface area contributed by atoms with Crippen LogP contribution < -0.4 is 66.4 Å². The number of methoxy groups -OCH3 is 1. The molecule has 0 saturated heterocycles. The first-order valence-electron chi connectivity index (χ1n) is 21.6. The zero-order valence-electron chi connectivity index (χ0n) is 37.2. The van der Waals surface area contributed by atoms with Gasteiger partial charge in [-0.1, -0.05) is 243 Å². The maximum atomic E-state index is 10.5. The molecule has 8 rings (SSSR count). The number of hydrogen-bond donors (Lipinski definition) is 0. The van der Waals surface area contributed by atoms with Gasteiger partial charge >= 0.3 is 65.5 Å². The number of nitrogens with zero attached hydrogens (tertiary/aromatic N) is 1. The fourth-order valence-corrected chi connectivity index (χ4v) is 19.1. The minimum Gasteiger partial charge on any atom is -1.00 e. The molecular weight excluding hydrogens is 1100 g/mol. The summed E-state index contributed by atoms with van der Waals surface area (Å²) in [6.45, 7) is 1.67. The molecule has 0 aliphatic carbocycles. The number of benzene rings is 8. The van der Waals surface area contributed by atoms with Gasteiger partial charge in [-0.15, -0.1) is 0 Å². The molecular formula is C56H55ClIMoNO2P4. The van der Waals surface area contributed by atoms with E-state index in [4.69, 9.17) is 9.42 Å². The Kier molecular flexibility index (Phi) is 24.8. The van der Waals surface area contributed by atoms with Crippen LogP contribution in [0.25, 0.3) is 3.31 Å². The van der Waals surface area contributed by atoms with Crippen LogP contribution in [0.1, 0.15) is 6.92 Å². The molecule has 0 N–H and O–H groups in total. The molecule has 0 aliphatic rings. The molecule has 0 bridgehead atoms. The molecule has 0 fully saturated rings. The second kappa shape index (κ2) is 30.7. The summed E-state index contributed by atoms with van der Waals surface area (Å²) >= 11 is -0.824. The Morgan fingerprint density at radius 2 is 0.576 bits per heavy atom. The molecule has 0 heterocycles. The third-order valence-corrected chi connectivity index (χ3v) is 22.6. The van der Waals surface area contributed by atoms with E-state index in [1.54, 1.807) is 6.92 Å². The van der Waals surface area contributed by atoms with Crippen molar-refractivity contribution in [3.63, 3.8) is 0 Å². The largest absolute Gasteiger partial charge is 1.00 e. The summed E-state index contributed by atoms with van der Waals surface area (Å²) in [7, 11) is 5.30. The quantitative estimate of drug-likeness (QED) is 0.0446. The molecule has 0 aliphatic heterocycles. The van der Waals surface area contributed by atoms with Crippen LogP contribution in [0.3, 0.4) is 0 Å². The van der Waals surface area contributed by atoms with Gasteiger partial charge in [0.05, 0.1) is 0 Å². The van der Waals surface area contributed by atoms with E-state index in [2.05, 4.69) is 251 Å². The molecule has 8 aromatic rings. The molecule has 336 valence electrons. The summed E-state index contributed by atoms with van der Waals surface area (Å²) in [4.78, 5) is 10.5. The summed E-state index contributed by atoms with van der Waals surface area (Å²) < 4.78 is 8.21. The second-order valence-electron chi connectivity index (χ2n) is 14.7. The van der Waals surface area contributed by atoms with Crippen molar-refractivity contribution in [3.8, 4) is 0 Å². The van der Waals surface area contributed by atoms with Gasteiger partial charge < -0.3 is 24.0 Å². The van der Waals surface area contributed by atoms with Crippen molar-refractivity contribution < 1.29 is 50.7 Å².